The van der Waals surface area contributed by atoms with Gasteiger partial charge in [-0.05, 0) is 24.6 Å². The molecule has 0 aliphatic rings. The Kier molecular flexibility index (Phi) is 5.65. The second-order valence-corrected chi connectivity index (χ2v) is 5.21. The monoisotopic (exact) mass is 289 g/mol. The molecule has 3 heteroatoms. The van der Waals surface area contributed by atoms with Gasteiger partial charge in [0.15, 0.2) is 0 Å². The third-order valence-electron chi connectivity index (χ3n) is 2.28. The molecular formula is C12H17BrClN. The maximum absolute atomic E-state index is 5.79. The molecule has 1 aromatic rings. The van der Waals surface area contributed by atoms with Gasteiger partial charge in [-0.2, -0.15) is 0 Å². The summed E-state index contributed by atoms with van der Waals surface area (Å²) in [5, 5.41) is 0. The van der Waals surface area contributed by atoms with E-state index in [-0.39, 0.29) is 0 Å². The first kappa shape index (κ1) is 13.0. The first-order valence-electron chi connectivity index (χ1n) is 5.11. The average molecular weight is 291 g/mol. The van der Waals surface area contributed by atoms with Gasteiger partial charge in [-0.15, -0.1) is 11.6 Å². The Morgan fingerprint density at radius 1 is 1.40 bits per heavy atom. The van der Waals surface area contributed by atoms with Crippen LogP contribution in [0.15, 0.2) is 28.7 Å². The van der Waals surface area contributed by atoms with Crippen molar-refractivity contribution >= 4 is 27.5 Å². The molecule has 0 aliphatic heterocycles. The molecular weight excluding hydrogens is 273 g/mol. The highest BCUT2D eigenvalue weighted by Gasteiger charge is 2.07. The molecule has 84 valence electrons. The highest BCUT2D eigenvalue weighted by molar-refractivity contribution is 9.10. The molecule has 0 aliphatic carbocycles. The number of alkyl halides is 1. The van der Waals surface area contributed by atoms with E-state index in [1.54, 1.807) is 0 Å². The maximum Gasteiger partial charge on any atom is 0.0261 e. The van der Waals surface area contributed by atoms with Crippen molar-refractivity contribution < 1.29 is 0 Å². The zero-order valence-corrected chi connectivity index (χ0v) is 11.6. The second kappa shape index (κ2) is 6.51. The van der Waals surface area contributed by atoms with Gasteiger partial charge in [0.1, 0.15) is 0 Å². The van der Waals surface area contributed by atoms with Gasteiger partial charge in [0.2, 0.25) is 0 Å². The summed E-state index contributed by atoms with van der Waals surface area (Å²) in [6, 6.07) is 8.33. The third kappa shape index (κ3) is 4.54. The van der Waals surface area contributed by atoms with Gasteiger partial charge in [-0.1, -0.05) is 41.1 Å². The molecule has 0 spiro atoms. The summed E-state index contributed by atoms with van der Waals surface area (Å²) in [6.07, 6.45) is 0. The number of rotatable bonds is 5. The molecule has 0 aromatic heterocycles. The van der Waals surface area contributed by atoms with E-state index in [9.17, 15) is 0 Å². The first-order chi connectivity index (χ1) is 7.13. The quantitative estimate of drug-likeness (QED) is 0.747. The summed E-state index contributed by atoms with van der Waals surface area (Å²) in [6.45, 7) is 4.16. The lowest BCUT2D eigenvalue weighted by atomic mass is 10.2. The van der Waals surface area contributed by atoms with E-state index >= 15 is 0 Å². The SMILES string of the molecule is CC(CCl)CN(C)Cc1ccccc1Br. The molecule has 0 N–H and O–H groups in total. The van der Waals surface area contributed by atoms with Gasteiger partial charge in [0, 0.05) is 23.4 Å². The number of nitrogens with zero attached hydrogens (tertiary/aromatic N) is 1. The molecule has 1 atom stereocenters. The minimum atomic E-state index is 0.541. The fourth-order valence-electron chi connectivity index (χ4n) is 1.56. The second-order valence-electron chi connectivity index (χ2n) is 4.05. The van der Waals surface area contributed by atoms with E-state index < -0.39 is 0 Å². The topological polar surface area (TPSA) is 3.24 Å². The molecule has 15 heavy (non-hydrogen) atoms. The molecule has 0 fully saturated rings. The summed E-state index contributed by atoms with van der Waals surface area (Å²) < 4.78 is 1.18. The Hall–Kier alpha value is -0.0500. The molecule has 0 amide bonds. The van der Waals surface area contributed by atoms with Crippen molar-refractivity contribution in [1.82, 2.24) is 4.90 Å². The van der Waals surface area contributed by atoms with Crippen molar-refractivity contribution in [1.29, 1.82) is 0 Å². The molecule has 0 heterocycles. The summed E-state index contributed by atoms with van der Waals surface area (Å²) in [5.74, 6) is 1.26. The van der Waals surface area contributed by atoms with Crippen LogP contribution in [-0.4, -0.2) is 24.4 Å². The summed E-state index contributed by atoms with van der Waals surface area (Å²) in [4.78, 5) is 2.30. The van der Waals surface area contributed by atoms with Gasteiger partial charge >= 0.3 is 0 Å². The smallest absolute Gasteiger partial charge is 0.0261 e. The van der Waals surface area contributed by atoms with Crippen LogP contribution in [0.3, 0.4) is 0 Å². The Labute approximate surface area is 106 Å². The third-order valence-corrected chi connectivity index (χ3v) is 3.59. The summed E-state index contributed by atoms with van der Waals surface area (Å²) in [5.41, 5.74) is 1.32. The Morgan fingerprint density at radius 2 is 2.07 bits per heavy atom. The van der Waals surface area contributed by atoms with Crippen LogP contribution in [0.25, 0.3) is 0 Å². The Bertz CT molecular complexity index is 303. The molecule has 0 saturated heterocycles. The molecule has 0 radical (unpaired) electrons. The van der Waals surface area contributed by atoms with Crippen LogP contribution in [0, 0.1) is 5.92 Å². The van der Waals surface area contributed by atoms with Crippen molar-refractivity contribution in [3.8, 4) is 0 Å². The minimum Gasteiger partial charge on any atom is -0.302 e. The van der Waals surface area contributed by atoms with Gasteiger partial charge < -0.3 is 4.90 Å². The zero-order valence-electron chi connectivity index (χ0n) is 9.21. The van der Waals surface area contributed by atoms with Gasteiger partial charge in [-0.3, -0.25) is 0 Å². The van der Waals surface area contributed by atoms with Crippen molar-refractivity contribution in [3.05, 3.63) is 34.3 Å². The Balaban J connectivity index is 2.51. The van der Waals surface area contributed by atoms with E-state index in [2.05, 4.69) is 53.0 Å². The first-order valence-corrected chi connectivity index (χ1v) is 6.44. The predicted molar refractivity (Wildman–Crippen MR) is 70.4 cm³/mol. The van der Waals surface area contributed by atoms with E-state index in [1.165, 1.54) is 10.0 Å². The van der Waals surface area contributed by atoms with E-state index in [0.29, 0.717) is 5.92 Å². The van der Waals surface area contributed by atoms with Crippen LogP contribution >= 0.6 is 27.5 Å². The molecule has 0 bridgehead atoms. The molecule has 0 saturated carbocycles. The lowest BCUT2D eigenvalue weighted by Gasteiger charge is -2.20. The van der Waals surface area contributed by atoms with Crippen LogP contribution < -0.4 is 0 Å². The Morgan fingerprint density at radius 3 is 2.67 bits per heavy atom. The van der Waals surface area contributed by atoms with E-state index in [1.807, 2.05) is 6.07 Å². The lowest BCUT2D eigenvalue weighted by Crippen LogP contribution is -2.24. The van der Waals surface area contributed by atoms with Crippen molar-refractivity contribution in [2.24, 2.45) is 5.92 Å². The van der Waals surface area contributed by atoms with Gasteiger partial charge in [0.05, 0.1) is 0 Å². The van der Waals surface area contributed by atoms with E-state index in [0.717, 1.165) is 19.0 Å². The van der Waals surface area contributed by atoms with Gasteiger partial charge in [-0.25, -0.2) is 0 Å². The highest BCUT2D eigenvalue weighted by Crippen LogP contribution is 2.17. The van der Waals surface area contributed by atoms with Crippen molar-refractivity contribution in [3.63, 3.8) is 0 Å². The minimum absolute atomic E-state index is 0.541. The number of benzene rings is 1. The highest BCUT2D eigenvalue weighted by atomic mass is 79.9. The molecule has 1 rings (SSSR count). The normalized spacial score (nSPS) is 13.1. The molecule has 1 aromatic carbocycles. The molecule has 1 nitrogen and oxygen atoms in total. The summed E-state index contributed by atoms with van der Waals surface area (Å²) in [7, 11) is 2.13. The average Bonchev–Trinajstić information content (AvgIpc) is 2.21. The standard InChI is InChI=1S/C12H17BrClN/c1-10(7-14)8-15(2)9-11-5-3-4-6-12(11)13/h3-6,10H,7-9H2,1-2H3. The lowest BCUT2D eigenvalue weighted by molar-refractivity contribution is 0.289. The predicted octanol–water partition coefficient (Wildman–Crippen LogP) is 3.76. The van der Waals surface area contributed by atoms with E-state index in [4.69, 9.17) is 11.6 Å². The van der Waals surface area contributed by atoms with Crippen LogP contribution in [-0.2, 0) is 6.54 Å². The van der Waals surface area contributed by atoms with Crippen LogP contribution in [0.4, 0.5) is 0 Å². The number of halogens is 2. The van der Waals surface area contributed by atoms with Crippen LogP contribution in [0.1, 0.15) is 12.5 Å². The van der Waals surface area contributed by atoms with Crippen LogP contribution in [0.5, 0.6) is 0 Å². The maximum atomic E-state index is 5.79. The fraction of sp³-hybridized carbons (Fsp3) is 0.500. The number of hydrogen-bond donors (Lipinski definition) is 0. The fourth-order valence-corrected chi connectivity index (χ4v) is 2.07. The van der Waals surface area contributed by atoms with Crippen molar-refractivity contribution in [2.45, 2.75) is 13.5 Å². The molecule has 1 unspecified atom stereocenters. The zero-order chi connectivity index (χ0) is 11.3. The summed E-state index contributed by atoms with van der Waals surface area (Å²) >= 11 is 9.35. The van der Waals surface area contributed by atoms with Crippen LogP contribution in [0.2, 0.25) is 0 Å². The largest absolute Gasteiger partial charge is 0.302 e. The number of hydrogen-bond acceptors (Lipinski definition) is 1. The van der Waals surface area contributed by atoms with Gasteiger partial charge in [0.25, 0.3) is 0 Å². The van der Waals surface area contributed by atoms with Crippen molar-refractivity contribution in [2.75, 3.05) is 19.5 Å².